The van der Waals surface area contributed by atoms with Gasteiger partial charge in [0.15, 0.2) is 0 Å². The van der Waals surface area contributed by atoms with Crippen molar-refractivity contribution in [1.29, 1.82) is 0 Å². The third-order valence-corrected chi connectivity index (χ3v) is 3.26. The fourth-order valence-electron chi connectivity index (χ4n) is 2.12. The van der Waals surface area contributed by atoms with Crippen molar-refractivity contribution >= 4 is 0 Å². The first-order chi connectivity index (χ1) is 7.09. The van der Waals surface area contributed by atoms with E-state index in [0.717, 1.165) is 18.6 Å². The molecular weight excluding hydrogens is 188 g/mol. The van der Waals surface area contributed by atoms with Crippen LogP contribution in [0.15, 0.2) is 30.3 Å². The zero-order chi connectivity index (χ0) is 10.9. The molecular formula is C13H18O2. The molecule has 0 heterocycles. The molecule has 15 heavy (non-hydrogen) atoms. The molecule has 1 fully saturated rings. The summed E-state index contributed by atoms with van der Waals surface area (Å²) in [6.07, 6.45) is 1.54. The highest BCUT2D eigenvalue weighted by atomic mass is 16.5. The maximum absolute atomic E-state index is 10.1. The SMILES string of the molecule is CC1(C)CCC(Oc2ccccc2)C1O. The van der Waals surface area contributed by atoms with E-state index >= 15 is 0 Å². The summed E-state index contributed by atoms with van der Waals surface area (Å²) in [4.78, 5) is 0. The molecule has 1 saturated carbocycles. The first kappa shape index (κ1) is 10.5. The predicted molar refractivity (Wildman–Crippen MR) is 59.9 cm³/mol. The van der Waals surface area contributed by atoms with Crippen LogP contribution in [-0.2, 0) is 0 Å². The van der Waals surface area contributed by atoms with Crippen molar-refractivity contribution in [1.82, 2.24) is 0 Å². The van der Waals surface area contributed by atoms with Gasteiger partial charge in [0.1, 0.15) is 11.9 Å². The second kappa shape index (κ2) is 3.86. The van der Waals surface area contributed by atoms with Crippen molar-refractivity contribution in [3.63, 3.8) is 0 Å². The van der Waals surface area contributed by atoms with Gasteiger partial charge in [0.05, 0.1) is 6.10 Å². The largest absolute Gasteiger partial charge is 0.488 e. The molecule has 1 aromatic rings. The molecule has 1 aromatic carbocycles. The number of ether oxygens (including phenoxy) is 1. The lowest BCUT2D eigenvalue weighted by atomic mass is 9.89. The molecule has 0 aromatic heterocycles. The van der Waals surface area contributed by atoms with E-state index in [1.165, 1.54) is 0 Å². The molecule has 82 valence electrons. The van der Waals surface area contributed by atoms with E-state index in [1.807, 2.05) is 30.3 Å². The number of para-hydroxylation sites is 1. The lowest BCUT2D eigenvalue weighted by Crippen LogP contribution is -2.34. The Balaban J connectivity index is 2.03. The van der Waals surface area contributed by atoms with Gasteiger partial charge in [0, 0.05) is 0 Å². The zero-order valence-corrected chi connectivity index (χ0v) is 9.31. The monoisotopic (exact) mass is 206 g/mol. The predicted octanol–water partition coefficient (Wildman–Crippen LogP) is 2.61. The number of benzene rings is 1. The van der Waals surface area contributed by atoms with Crippen molar-refractivity contribution in [2.75, 3.05) is 0 Å². The van der Waals surface area contributed by atoms with Crippen LogP contribution in [0.4, 0.5) is 0 Å². The molecule has 1 aliphatic carbocycles. The van der Waals surface area contributed by atoms with Crippen molar-refractivity contribution < 1.29 is 9.84 Å². The summed E-state index contributed by atoms with van der Waals surface area (Å²) in [5, 5.41) is 10.1. The van der Waals surface area contributed by atoms with Crippen LogP contribution in [0, 0.1) is 5.41 Å². The number of hydrogen-bond acceptors (Lipinski definition) is 2. The highest BCUT2D eigenvalue weighted by molar-refractivity contribution is 5.21. The fourth-order valence-corrected chi connectivity index (χ4v) is 2.12. The molecule has 0 radical (unpaired) electrons. The van der Waals surface area contributed by atoms with Crippen LogP contribution in [0.5, 0.6) is 5.75 Å². The number of aliphatic hydroxyl groups is 1. The van der Waals surface area contributed by atoms with Gasteiger partial charge < -0.3 is 9.84 Å². The van der Waals surface area contributed by atoms with Crippen LogP contribution in [0.25, 0.3) is 0 Å². The van der Waals surface area contributed by atoms with E-state index in [4.69, 9.17) is 4.74 Å². The van der Waals surface area contributed by atoms with E-state index < -0.39 is 0 Å². The normalized spacial score (nSPS) is 29.0. The van der Waals surface area contributed by atoms with Gasteiger partial charge in [0.25, 0.3) is 0 Å². The first-order valence-electron chi connectivity index (χ1n) is 5.49. The van der Waals surface area contributed by atoms with E-state index in [0.29, 0.717) is 0 Å². The molecule has 0 bridgehead atoms. The van der Waals surface area contributed by atoms with Gasteiger partial charge in [-0.3, -0.25) is 0 Å². The van der Waals surface area contributed by atoms with Crippen LogP contribution in [0.1, 0.15) is 26.7 Å². The Hall–Kier alpha value is -1.02. The van der Waals surface area contributed by atoms with Crippen LogP contribution >= 0.6 is 0 Å². The van der Waals surface area contributed by atoms with Gasteiger partial charge in [-0.2, -0.15) is 0 Å². The fraction of sp³-hybridized carbons (Fsp3) is 0.538. The summed E-state index contributed by atoms with van der Waals surface area (Å²) < 4.78 is 5.77. The maximum atomic E-state index is 10.1. The molecule has 1 aliphatic rings. The molecule has 2 nitrogen and oxygen atoms in total. The Bertz CT molecular complexity index is 319. The van der Waals surface area contributed by atoms with Crippen LogP contribution in [0.2, 0.25) is 0 Å². The molecule has 0 aliphatic heterocycles. The topological polar surface area (TPSA) is 29.5 Å². The Morgan fingerprint density at radius 3 is 2.47 bits per heavy atom. The summed E-state index contributed by atoms with van der Waals surface area (Å²) >= 11 is 0. The van der Waals surface area contributed by atoms with Crippen molar-refractivity contribution in [3.05, 3.63) is 30.3 Å². The minimum Gasteiger partial charge on any atom is -0.488 e. The van der Waals surface area contributed by atoms with Crippen LogP contribution in [-0.4, -0.2) is 17.3 Å². The summed E-state index contributed by atoms with van der Waals surface area (Å²) in [5.74, 6) is 0.847. The van der Waals surface area contributed by atoms with Crippen LogP contribution < -0.4 is 4.74 Å². The average Bonchev–Trinajstić information content (AvgIpc) is 2.47. The van der Waals surface area contributed by atoms with E-state index in [2.05, 4.69) is 13.8 Å². The Morgan fingerprint density at radius 2 is 1.93 bits per heavy atom. The van der Waals surface area contributed by atoms with E-state index in [-0.39, 0.29) is 17.6 Å². The van der Waals surface area contributed by atoms with Gasteiger partial charge in [-0.15, -0.1) is 0 Å². The molecule has 0 amide bonds. The number of rotatable bonds is 2. The maximum Gasteiger partial charge on any atom is 0.125 e. The van der Waals surface area contributed by atoms with Crippen LogP contribution in [0.3, 0.4) is 0 Å². The summed E-state index contributed by atoms with van der Waals surface area (Å²) in [6.45, 7) is 4.18. The second-order valence-electron chi connectivity index (χ2n) is 4.94. The number of aliphatic hydroxyl groups excluding tert-OH is 1. The Kier molecular flexibility index (Phi) is 2.70. The zero-order valence-electron chi connectivity index (χ0n) is 9.31. The van der Waals surface area contributed by atoms with Gasteiger partial charge in [0.2, 0.25) is 0 Å². The lowest BCUT2D eigenvalue weighted by Gasteiger charge is -2.25. The van der Waals surface area contributed by atoms with Crippen molar-refractivity contribution in [3.8, 4) is 5.75 Å². The third-order valence-electron chi connectivity index (χ3n) is 3.26. The molecule has 2 atom stereocenters. The number of hydrogen-bond donors (Lipinski definition) is 1. The molecule has 0 spiro atoms. The minimum absolute atomic E-state index is 0.0144. The van der Waals surface area contributed by atoms with Gasteiger partial charge in [-0.1, -0.05) is 32.0 Å². The lowest BCUT2D eigenvalue weighted by molar-refractivity contribution is 0.00493. The molecule has 2 unspecified atom stereocenters. The van der Waals surface area contributed by atoms with E-state index in [9.17, 15) is 5.11 Å². The standard InChI is InChI=1S/C13H18O2/c1-13(2)9-8-11(12(13)14)15-10-6-4-3-5-7-10/h3-7,11-12,14H,8-9H2,1-2H3. The molecule has 1 N–H and O–H groups in total. The Labute approximate surface area is 90.9 Å². The summed E-state index contributed by atoms with van der Waals surface area (Å²) in [6, 6.07) is 9.71. The van der Waals surface area contributed by atoms with Gasteiger partial charge in [-0.05, 0) is 30.4 Å². The van der Waals surface area contributed by atoms with Crippen molar-refractivity contribution in [2.45, 2.75) is 38.9 Å². The molecule has 2 heteroatoms. The highest BCUT2D eigenvalue weighted by Crippen LogP contribution is 2.39. The smallest absolute Gasteiger partial charge is 0.125 e. The summed E-state index contributed by atoms with van der Waals surface area (Å²) in [5.41, 5.74) is -0.0144. The Morgan fingerprint density at radius 1 is 1.27 bits per heavy atom. The summed E-state index contributed by atoms with van der Waals surface area (Å²) in [7, 11) is 0. The van der Waals surface area contributed by atoms with E-state index in [1.54, 1.807) is 0 Å². The van der Waals surface area contributed by atoms with Crippen molar-refractivity contribution in [2.24, 2.45) is 5.41 Å². The molecule has 2 rings (SSSR count). The highest BCUT2D eigenvalue weighted by Gasteiger charge is 2.42. The quantitative estimate of drug-likeness (QED) is 0.806. The average molecular weight is 206 g/mol. The van der Waals surface area contributed by atoms with Gasteiger partial charge in [-0.25, -0.2) is 0 Å². The minimum atomic E-state index is -0.363. The molecule has 0 saturated heterocycles. The first-order valence-corrected chi connectivity index (χ1v) is 5.49. The third kappa shape index (κ3) is 2.15. The second-order valence-corrected chi connectivity index (χ2v) is 4.94. The van der Waals surface area contributed by atoms with Gasteiger partial charge >= 0.3 is 0 Å².